The number of para-hydroxylation sites is 1. The number of rotatable bonds is 3. The molecule has 1 unspecified atom stereocenters. The van der Waals surface area contributed by atoms with Crippen LogP contribution >= 0.6 is 0 Å². The van der Waals surface area contributed by atoms with E-state index in [4.69, 9.17) is 19.6 Å². The Morgan fingerprint density at radius 2 is 2.04 bits per heavy atom. The summed E-state index contributed by atoms with van der Waals surface area (Å²) in [7, 11) is 0. The molecule has 24 heavy (non-hydrogen) atoms. The lowest BCUT2D eigenvalue weighted by Crippen LogP contribution is -2.32. The lowest BCUT2D eigenvalue weighted by atomic mass is 9.81. The molecule has 1 atom stereocenters. The van der Waals surface area contributed by atoms with Crippen molar-refractivity contribution in [2.24, 2.45) is 11.7 Å². The summed E-state index contributed by atoms with van der Waals surface area (Å²) < 4.78 is 16.2. The van der Waals surface area contributed by atoms with Gasteiger partial charge in [-0.3, -0.25) is 0 Å². The molecule has 0 bridgehead atoms. The van der Waals surface area contributed by atoms with Crippen molar-refractivity contribution >= 4 is 16.9 Å². The summed E-state index contributed by atoms with van der Waals surface area (Å²) in [5.41, 5.74) is 6.38. The fraction of sp³-hybridized carbons (Fsp3) is 0.333. The summed E-state index contributed by atoms with van der Waals surface area (Å²) >= 11 is 0. The van der Waals surface area contributed by atoms with Crippen LogP contribution in [0.5, 0.6) is 5.75 Å². The number of fused-ring (bicyclic) bond motifs is 3. The second-order valence-corrected chi connectivity index (χ2v) is 5.95. The van der Waals surface area contributed by atoms with Crippen molar-refractivity contribution in [2.75, 3.05) is 6.61 Å². The second-order valence-electron chi connectivity index (χ2n) is 5.95. The number of hydrogen-bond donors (Lipinski definition) is 1. The van der Waals surface area contributed by atoms with Gasteiger partial charge in [-0.2, -0.15) is 0 Å². The highest BCUT2D eigenvalue weighted by molar-refractivity contribution is 5.93. The van der Waals surface area contributed by atoms with E-state index in [0.717, 1.165) is 0 Å². The van der Waals surface area contributed by atoms with Gasteiger partial charge in [0.05, 0.1) is 17.6 Å². The minimum Gasteiger partial charge on any atom is -0.462 e. The van der Waals surface area contributed by atoms with Crippen LogP contribution in [0.4, 0.5) is 0 Å². The zero-order chi connectivity index (χ0) is 17.4. The standard InChI is InChI=1S/C18H19NO5/c1-4-22-17(20)14-12(9(2)3)13-15(24-16(14)19)10-7-5-6-8-11(10)23-18(13)21/h5-9,12H,4,19H2,1-3H3. The third-order valence-electron chi connectivity index (χ3n) is 4.06. The van der Waals surface area contributed by atoms with E-state index >= 15 is 0 Å². The van der Waals surface area contributed by atoms with Gasteiger partial charge in [0.2, 0.25) is 5.88 Å². The maximum Gasteiger partial charge on any atom is 0.343 e. The maximum atomic E-state index is 12.6. The molecule has 0 fully saturated rings. The van der Waals surface area contributed by atoms with Crippen LogP contribution in [0.2, 0.25) is 0 Å². The predicted molar refractivity (Wildman–Crippen MR) is 88.5 cm³/mol. The molecular formula is C18H19NO5. The second kappa shape index (κ2) is 6.03. The number of esters is 1. The summed E-state index contributed by atoms with van der Waals surface area (Å²) in [6, 6.07) is 7.06. The molecule has 6 nitrogen and oxygen atoms in total. The van der Waals surface area contributed by atoms with Crippen molar-refractivity contribution in [2.45, 2.75) is 26.7 Å². The Labute approximate surface area is 138 Å². The van der Waals surface area contributed by atoms with Crippen LogP contribution in [0, 0.1) is 5.92 Å². The van der Waals surface area contributed by atoms with E-state index < -0.39 is 17.5 Å². The van der Waals surface area contributed by atoms with Gasteiger partial charge in [-0.15, -0.1) is 0 Å². The number of hydrogen-bond acceptors (Lipinski definition) is 6. The average molecular weight is 329 g/mol. The molecule has 0 spiro atoms. The van der Waals surface area contributed by atoms with Crippen LogP contribution in [0.3, 0.4) is 0 Å². The predicted octanol–water partition coefficient (Wildman–Crippen LogP) is 2.66. The monoisotopic (exact) mass is 329 g/mol. The number of ether oxygens (including phenoxy) is 2. The lowest BCUT2D eigenvalue weighted by Gasteiger charge is -2.29. The molecule has 0 radical (unpaired) electrons. The van der Waals surface area contributed by atoms with E-state index in [1.165, 1.54) is 0 Å². The fourth-order valence-corrected chi connectivity index (χ4v) is 3.08. The van der Waals surface area contributed by atoms with E-state index in [1.807, 2.05) is 19.9 Å². The van der Waals surface area contributed by atoms with E-state index in [2.05, 4.69) is 0 Å². The van der Waals surface area contributed by atoms with E-state index in [0.29, 0.717) is 22.3 Å². The molecule has 3 rings (SSSR count). The van der Waals surface area contributed by atoms with Crippen molar-refractivity contribution in [3.8, 4) is 5.75 Å². The summed E-state index contributed by atoms with van der Waals surface area (Å²) in [5, 5.41) is 0.642. The molecule has 0 amide bonds. The number of benzene rings is 1. The van der Waals surface area contributed by atoms with E-state index in [9.17, 15) is 9.59 Å². The number of carbonyl (C=O) groups is 1. The van der Waals surface area contributed by atoms with Gasteiger partial charge in [0.15, 0.2) is 5.75 Å². The van der Waals surface area contributed by atoms with Gasteiger partial charge in [0.25, 0.3) is 0 Å². The summed E-state index contributed by atoms with van der Waals surface area (Å²) in [4.78, 5) is 24.9. The van der Waals surface area contributed by atoms with Crippen LogP contribution < -0.4 is 16.1 Å². The molecule has 0 saturated carbocycles. The molecular weight excluding hydrogens is 310 g/mol. The summed E-state index contributed by atoms with van der Waals surface area (Å²) in [6.45, 7) is 5.72. The first-order valence-corrected chi connectivity index (χ1v) is 7.86. The van der Waals surface area contributed by atoms with Gasteiger partial charge in [-0.05, 0) is 25.0 Å². The molecule has 0 saturated heterocycles. The normalized spacial score (nSPS) is 16.9. The molecule has 126 valence electrons. The van der Waals surface area contributed by atoms with Gasteiger partial charge >= 0.3 is 11.6 Å². The van der Waals surface area contributed by atoms with Crippen molar-refractivity contribution in [1.29, 1.82) is 0 Å². The molecule has 2 heterocycles. The minimum absolute atomic E-state index is 0.0320. The lowest BCUT2D eigenvalue weighted by molar-refractivity contribution is -0.139. The highest BCUT2D eigenvalue weighted by atomic mass is 16.5. The zero-order valence-corrected chi connectivity index (χ0v) is 13.8. The number of nitrogens with two attached hydrogens (primary N) is 1. The van der Waals surface area contributed by atoms with Crippen LogP contribution in [-0.4, -0.2) is 12.6 Å². The minimum atomic E-state index is -0.577. The Kier molecular flexibility index (Phi) is 4.05. The first-order valence-electron chi connectivity index (χ1n) is 7.86. The van der Waals surface area contributed by atoms with E-state index in [1.54, 1.807) is 25.1 Å². The highest BCUT2D eigenvalue weighted by Gasteiger charge is 2.39. The first-order chi connectivity index (χ1) is 11.5. The smallest absolute Gasteiger partial charge is 0.343 e. The molecule has 2 N–H and O–H groups in total. The van der Waals surface area contributed by atoms with Crippen molar-refractivity contribution in [1.82, 2.24) is 0 Å². The maximum absolute atomic E-state index is 12.6. The topological polar surface area (TPSA) is 91.8 Å². The Balaban J connectivity index is 2.30. The van der Waals surface area contributed by atoms with E-state index in [-0.39, 0.29) is 24.0 Å². The Morgan fingerprint density at radius 1 is 1.33 bits per heavy atom. The molecule has 1 aromatic heterocycles. The van der Waals surface area contributed by atoms with Gasteiger partial charge in [0.1, 0.15) is 11.2 Å². The van der Waals surface area contributed by atoms with Gasteiger partial charge in [-0.25, -0.2) is 9.59 Å². The molecule has 1 aromatic carbocycles. The molecule has 6 heteroatoms. The number of carbonyl (C=O) groups excluding carboxylic acids is 1. The third-order valence-corrected chi connectivity index (χ3v) is 4.06. The summed E-state index contributed by atoms with van der Waals surface area (Å²) in [6.07, 6.45) is 0. The SMILES string of the molecule is CCOC(=O)C1=C(N)Oc2c(c(=O)oc3ccccc23)C1C(C)C. The summed E-state index contributed by atoms with van der Waals surface area (Å²) in [5.74, 6) is -0.878. The van der Waals surface area contributed by atoms with Gasteiger partial charge < -0.3 is 19.6 Å². The quantitative estimate of drug-likeness (QED) is 0.687. The van der Waals surface area contributed by atoms with Crippen LogP contribution in [-0.2, 0) is 9.53 Å². The molecule has 1 aliphatic rings. The van der Waals surface area contributed by atoms with Crippen LogP contribution in [0.25, 0.3) is 11.0 Å². The van der Waals surface area contributed by atoms with Crippen molar-refractivity contribution in [3.63, 3.8) is 0 Å². The van der Waals surface area contributed by atoms with Gasteiger partial charge in [-0.1, -0.05) is 26.0 Å². The zero-order valence-electron chi connectivity index (χ0n) is 13.8. The van der Waals surface area contributed by atoms with Crippen molar-refractivity contribution < 1.29 is 18.7 Å². The highest BCUT2D eigenvalue weighted by Crippen LogP contribution is 2.43. The van der Waals surface area contributed by atoms with Crippen molar-refractivity contribution in [3.05, 3.63) is 51.7 Å². The van der Waals surface area contributed by atoms with Crippen LogP contribution in [0.15, 0.2) is 44.9 Å². The Hall–Kier alpha value is -2.76. The molecule has 1 aliphatic heterocycles. The first kappa shape index (κ1) is 16.1. The fourth-order valence-electron chi connectivity index (χ4n) is 3.08. The van der Waals surface area contributed by atoms with Gasteiger partial charge in [0, 0.05) is 5.92 Å². The molecule has 0 aliphatic carbocycles. The average Bonchev–Trinajstić information content (AvgIpc) is 2.53. The Morgan fingerprint density at radius 3 is 2.71 bits per heavy atom. The largest absolute Gasteiger partial charge is 0.462 e. The Bertz CT molecular complexity index is 894. The van der Waals surface area contributed by atoms with Crippen LogP contribution in [0.1, 0.15) is 32.3 Å². The third kappa shape index (κ3) is 2.44. The molecule has 2 aromatic rings.